The lowest BCUT2D eigenvalue weighted by molar-refractivity contribution is -0.158. The topological polar surface area (TPSA) is 63.6 Å². The number of aliphatic carboxylic acids is 1. The standard InChI is InChI=1S/C22H40O4/c1-4-5-6-7-8-9-10-11-20(16-17(2)3)26-22(25)19-14-12-18(13-15-19)21(23)24/h17-20H,4-16H2,1-3H3,(H,23,24). The van der Waals surface area contributed by atoms with E-state index in [0.717, 1.165) is 19.3 Å². The van der Waals surface area contributed by atoms with E-state index in [1.807, 2.05) is 0 Å². The number of carbonyl (C=O) groups excluding carboxylic acids is 1. The first-order valence-corrected chi connectivity index (χ1v) is 10.9. The van der Waals surface area contributed by atoms with E-state index in [-0.39, 0.29) is 23.9 Å². The van der Waals surface area contributed by atoms with Gasteiger partial charge in [0.15, 0.2) is 0 Å². The second-order valence-electron chi connectivity index (χ2n) is 8.49. The second kappa shape index (κ2) is 13.2. The van der Waals surface area contributed by atoms with Crippen molar-refractivity contribution in [3.05, 3.63) is 0 Å². The first kappa shape index (κ1) is 23.0. The molecule has 1 N–H and O–H groups in total. The minimum Gasteiger partial charge on any atom is -0.481 e. The summed E-state index contributed by atoms with van der Waals surface area (Å²) in [6.07, 6.45) is 13.3. The second-order valence-corrected chi connectivity index (χ2v) is 8.49. The Hall–Kier alpha value is -1.06. The zero-order chi connectivity index (χ0) is 19.4. The number of hydrogen-bond acceptors (Lipinski definition) is 3. The van der Waals surface area contributed by atoms with Gasteiger partial charge in [-0.05, 0) is 50.9 Å². The van der Waals surface area contributed by atoms with Gasteiger partial charge in [0.1, 0.15) is 6.10 Å². The SMILES string of the molecule is CCCCCCCCCC(CC(C)C)OC(=O)C1CCC(C(=O)O)CC1. The maximum Gasteiger partial charge on any atom is 0.309 e. The van der Waals surface area contributed by atoms with Crippen molar-refractivity contribution in [3.8, 4) is 0 Å². The molecule has 1 aliphatic rings. The first-order valence-electron chi connectivity index (χ1n) is 10.9. The number of unbranched alkanes of at least 4 members (excludes halogenated alkanes) is 6. The van der Waals surface area contributed by atoms with Crippen molar-refractivity contribution in [2.24, 2.45) is 17.8 Å². The number of carboxylic acids is 1. The molecule has 1 unspecified atom stereocenters. The van der Waals surface area contributed by atoms with Crippen LogP contribution in [-0.4, -0.2) is 23.1 Å². The molecule has 0 bridgehead atoms. The van der Waals surface area contributed by atoms with Crippen LogP contribution in [0.4, 0.5) is 0 Å². The average molecular weight is 369 g/mol. The van der Waals surface area contributed by atoms with Gasteiger partial charge in [0.25, 0.3) is 0 Å². The largest absolute Gasteiger partial charge is 0.481 e. The highest BCUT2D eigenvalue weighted by atomic mass is 16.5. The van der Waals surface area contributed by atoms with Crippen LogP contribution in [0, 0.1) is 17.8 Å². The van der Waals surface area contributed by atoms with Crippen LogP contribution in [0.25, 0.3) is 0 Å². The Kier molecular flexibility index (Phi) is 11.6. The molecule has 1 rings (SSSR count). The van der Waals surface area contributed by atoms with E-state index in [1.54, 1.807) is 0 Å². The summed E-state index contributed by atoms with van der Waals surface area (Å²) in [4.78, 5) is 23.5. The Morgan fingerprint density at radius 3 is 2.00 bits per heavy atom. The van der Waals surface area contributed by atoms with Crippen molar-refractivity contribution in [1.82, 2.24) is 0 Å². The van der Waals surface area contributed by atoms with Crippen molar-refractivity contribution in [1.29, 1.82) is 0 Å². The molecule has 0 aromatic rings. The molecule has 1 aliphatic carbocycles. The van der Waals surface area contributed by atoms with Crippen LogP contribution in [0.5, 0.6) is 0 Å². The monoisotopic (exact) mass is 368 g/mol. The molecular weight excluding hydrogens is 328 g/mol. The molecule has 4 nitrogen and oxygen atoms in total. The molecule has 0 saturated heterocycles. The van der Waals surface area contributed by atoms with E-state index >= 15 is 0 Å². The van der Waals surface area contributed by atoms with Crippen LogP contribution >= 0.6 is 0 Å². The summed E-state index contributed by atoms with van der Waals surface area (Å²) in [5.41, 5.74) is 0. The summed E-state index contributed by atoms with van der Waals surface area (Å²) in [7, 11) is 0. The summed E-state index contributed by atoms with van der Waals surface area (Å²) < 4.78 is 5.86. The Morgan fingerprint density at radius 1 is 0.923 bits per heavy atom. The highest BCUT2D eigenvalue weighted by Crippen LogP contribution is 2.30. The molecule has 0 radical (unpaired) electrons. The Bertz CT molecular complexity index is 397. The third-order valence-electron chi connectivity index (χ3n) is 5.56. The lowest BCUT2D eigenvalue weighted by atomic mass is 9.82. The Balaban J connectivity index is 2.32. The van der Waals surface area contributed by atoms with Crippen LogP contribution in [0.2, 0.25) is 0 Å². The average Bonchev–Trinajstić information content (AvgIpc) is 2.60. The van der Waals surface area contributed by atoms with E-state index in [9.17, 15) is 9.59 Å². The molecule has 0 spiro atoms. The molecule has 1 saturated carbocycles. The van der Waals surface area contributed by atoms with E-state index in [2.05, 4.69) is 20.8 Å². The van der Waals surface area contributed by atoms with Crippen molar-refractivity contribution < 1.29 is 19.4 Å². The van der Waals surface area contributed by atoms with Crippen LogP contribution < -0.4 is 0 Å². The number of rotatable bonds is 13. The quantitative estimate of drug-likeness (QED) is 0.321. The number of esters is 1. The summed E-state index contributed by atoms with van der Waals surface area (Å²) >= 11 is 0. The molecule has 0 amide bonds. The van der Waals surface area contributed by atoms with Crippen LogP contribution in [-0.2, 0) is 14.3 Å². The molecule has 4 heteroatoms. The van der Waals surface area contributed by atoms with E-state index in [1.165, 1.54) is 38.5 Å². The van der Waals surface area contributed by atoms with Crippen molar-refractivity contribution in [2.45, 2.75) is 110 Å². The molecule has 0 aromatic carbocycles. The molecule has 152 valence electrons. The van der Waals surface area contributed by atoms with Crippen LogP contribution in [0.3, 0.4) is 0 Å². The van der Waals surface area contributed by atoms with Crippen molar-refractivity contribution >= 4 is 11.9 Å². The van der Waals surface area contributed by atoms with Crippen LogP contribution in [0.1, 0.15) is 104 Å². The van der Waals surface area contributed by atoms with Crippen molar-refractivity contribution in [3.63, 3.8) is 0 Å². The Labute approximate surface area is 160 Å². The predicted molar refractivity (Wildman–Crippen MR) is 105 cm³/mol. The normalized spacial score (nSPS) is 21.5. The van der Waals surface area contributed by atoms with Gasteiger partial charge in [-0.1, -0.05) is 59.3 Å². The summed E-state index contributed by atoms with van der Waals surface area (Å²) in [6, 6.07) is 0. The van der Waals surface area contributed by atoms with Gasteiger partial charge in [-0.2, -0.15) is 0 Å². The fraction of sp³-hybridized carbons (Fsp3) is 0.909. The third kappa shape index (κ3) is 9.59. The van der Waals surface area contributed by atoms with Gasteiger partial charge in [0, 0.05) is 0 Å². The third-order valence-corrected chi connectivity index (χ3v) is 5.56. The van der Waals surface area contributed by atoms with E-state index in [4.69, 9.17) is 9.84 Å². The smallest absolute Gasteiger partial charge is 0.309 e. The first-order chi connectivity index (χ1) is 12.4. The van der Waals surface area contributed by atoms with Gasteiger partial charge < -0.3 is 9.84 Å². The molecule has 1 fully saturated rings. The number of carboxylic acid groups (broad SMARTS) is 1. The minimum absolute atomic E-state index is 0.0235. The molecule has 1 atom stereocenters. The van der Waals surface area contributed by atoms with Gasteiger partial charge in [-0.25, -0.2) is 0 Å². The number of hydrogen-bond donors (Lipinski definition) is 1. The molecule has 0 heterocycles. The number of carbonyl (C=O) groups is 2. The molecule has 0 aliphatic heterocycles. The zero-order valence-corrected chi connectivity index (χ0v) is 17.2. The van der Waals surface area contributed by atoms with Gasteiger partial charge in [-0.3, -0.25) is 9.59 Å². The summed E-state index contributed by atoms with van der Waals surface area (Å²) in [6.45, 7) is 6.58. The fourth-order valence-corrected chi connectivity index (χ4v) is 3.92. The van der Waals surface area contributed by atoms with Gasteiger partial charge >= 0.3 is 11.9 Å². The lowest BCUT2D eigenvalue weighted by Crippen LogP contribution is -2.30. The number of ether oxygens (including phenoxy) is 1. The van der Waals surface area contributed by atoms with Gasteiger partial charge in [0.05, 0.1) is 11.8 Å². The zero-order valence-electron chi connectivity index (χ0n) is 17.2. The summed E-state index contributed by atoms with van der Waals surface area (Å²) in [5.74, 6) is -0.691. The van der Waals surface area contributed by atoms with Gasteiger partial charge in [-0.15, -0.1) is 0 Å². The highest BCUT2D eigenvalue weighted by Gasteiger charge is 2.31. The summed E-state index contributed by atoms with van der Waals surface area (Å²) in [5, 5.41) is 9.08. The predicted octanol–water partition coefficient (Wildman–Crippen LogP) is 5.98. The van der Waals surface area contributed by atoms with Crippen molar-refractivity contribution in [2.75, 3.05) is 0 Å². The van der Waals surface area contributed by atoms with E-state index in [0.29, 0.717) is 31.6 Å². The molecule has 0 aromatic heterocycles. The maximum atomic E-state index is 12.5. The maximum absolute atomic E-state index is 12.5. The highest BCUT2D eigenvalue weighted by molar-refractivity contribution is 5.74. The Morgan fingerprint density at radius 2 is 1.46 bits per heavy atom. The van der Waals surface area contributed by atoms with Gasteiger partial charge in [0.2, 0.25) is 0 Å². The molecule has 26 heavy (non-hydrogen) atoms. The fourth-order valence-electron chi connectivity index (χ4n) is 3.92. The van der Waals surface area contributed by atoms with Crippen LogP contribution in [0.15, 0.2) is 0 Å². The minimum atomic E-state index is -0.728. The van der Waals surface area contributed by atoms with E-state index < -0.39 is 5.97 Å². The lowest BCUT2D eigenvalue weighted by Gasteiger charge is -2.27. The molecular formula is C22H40O4.